The molecule has 2 heterocycles. The Morgan fingerprint density at radius 3 is 2.46 bits per heavy atom. The molecule has 2 N–H and O–H groups in total. The summed E-state index contributed by atoms with van der Waals surface area (Å²) in [6, 6.07) is 16.6. The minimum Gasteiger partial charge on any atom is -0.489 e. The number of rotatable bonds is 9. The molecule has 0 aliphatic carbocycles. The van der Waals surface area contributed by atoms with E-state index in [9.17, 15) is 18.0 Å². The van der Waals surface area contributed by atoms with Gasteiger partial charge in [-0.2, -0.15) is 13.2 Å². The lowest BCUT2D eigenvalue weighted by Crippen LogP contribution is -2.28. The van der Waals surface area contributed by atoms with Crippen LogP contribution in [0.2, 0.25) is 0 Å². The molecule has 0 spiro atoms. The SMILES string of the molecule is N=C(c1cc(-n2ccc(OCc3ccccc3)cc2=O)ccc1NCCN1CCCC1)C(F)(F)F. The van der Waals surface area contributed by atoms with Gasteiger partial charge in [-0.3, -0.25) is 14.8 Å². The lowest BCUT2D eigenvalue weighted by Gasteiger charge is -2.19. The predicted octanol–water partition coefficient (Wildman–Crippen LogP) is 4.85. The summed E-state index contributed by atoms with van der Waals surface area (Å²) in [6.07, 6.45) is -1.10. The van der Waals surface area contributed by atoms with E-state index in [1.165, 1.54) is 29.0 Å². The van der Waals surface area contributed by atoms with Crippen LogP contribution in [0, 0.1) is 5.41 Å². The average molecular weight is 485 g/mol. The minimum absolute atomic E-state index is 0.214. The number of nitrogens with one attached hydrogen (secondary N) is 2. The van der Waals surface area contributed by atoms with Crippen molar-refractivity contribution in [2.24, 2.45) is 0 Å². The third-order valence-electron chi connectivity index (χ3n) is 5.92. The first kappa shape index (κ1) is 24.5. The van der Waals surface area contributed by atoms with Crippen molar-refractivity contribution >= 4 is 11.4 Å². The van der Waals surface area contributed by atoms with Gasteiger partial charge in [0, 0.05) is 42.3 Å². The summed E-state index contributed by atoms with van der Waals surface area (Å²) in [4.78, 5) is 15.0. The Morgan fingerprint density at radius 1 is 1.03 bits per heavy atom. The van der Waals surface area contributed by atoms with E-state index in [-0.39, 0.29) is 23.5 Å². The van der Waals surface area contributed by atoms with E-state index >= 15 is 0 Å². The Labute approximate surface area is 201 Å². The van der Waals surface area contributed by atoms with Crippen molar-refractivity contribution in [2.45, 2.75) is 25.6 Å². The Balaban J connectivity index is 1.54. The van der Waals surface area contributed by atoms with Gasteiger partial charge in [-0.05, 0) is 55.8 Å². The number of alkyl halides is 3. The van der Waals surface area contributed by atoms with Crippen molar-refractivity contribution in [1.82, 2.24) is 9.47 Å². The first-order valence-electron chi connectivity index (χ1n) is 11.5. The molecule has 1 aliphatic heterocycles. The Morgan fingerprint density at radius 2 is 1.77 bits per heavy atom. The van der Waals surface area contributed by atoms with Crippen LogP contribution in [0.4, 0.5) is 18.9 Å². The fourth-order valence-corrected chi connectivity index (χ4v) is 4.06. The quantitative estimate of drug-likeness (QED) is 0.426. The Kier molecular flexibility index (Phi) is 7.55. The van der Waals surface area contributed by atoms with Gasteiger partial charge in [0.15, 0.2) is 0 Å². The van der Waals surface area contributed by atoms with Crippen LogP contribution in [0.1, 0.15) is 24.0 Å². The second-order valence-corrected chi connectivity index (χ2v) is 8.42. The molecule has 2 aromatic carbocycles. The zero-order valence-electron chi connectivity index (χ0n) is 19.1. The number of aromatic nitrogens is 1. The van der Waals surface area contributed by atoms with Crippen molar-refractivity contribution < 1.29 is 17.9 Å². The molecule has 1 fully saturated rings. The highest BCUT2D eigenvalue weighted by atomic mass is 19.4. The summed E-state index contributed by atoms with van der Waals surface area (Å²) >= 11 is 0. The molecule has 0 amide bonds. The minimum atomic E-state index is -4.82. The number of anilines is 1. The largest absolute Gasteiger partial charge is 0.489 e. The van der Waals surface area contributed by atoms with Crippen LogP contribution < -0.4 is 15.6 Å². The van der Waals surface area contributed by atoms with Crippen molar-refractivity contribution in [3.63, 3.8) is 0 Å². The zero-order chi connectivity index (χ0) is 24.8. The fraction of sp³-hybridized carbons (Fsp3) is 0.308. The highest BCUT2D eigenvalue weighted by Gasteiger charge is 2.36. The normalized spacial score (nSPS) is 14.1. The number of halogens is 3. The number of hydrogen-bond acceptors (Lipinski definition) is 5. The maximum Gasteiger partial charge on any atom is 0.433 e. The topological polar surface area (TPSA) is 70.3 Å². The van der Waals surface area contributed by atoms with E-state index in [0.29, 0.717) is 18.8 Å². The van der Waals surface area contributed by atoms with Gasteiger partial charge in [-0.25, -0.2) is 0 Å². The molecule has 35 heavy (non-hydrogen) atoms. The van der Waals surface area contributed by atoms with Crippen LogP contribution in [0.5, 0.6) is 5.75 Å². The monoisotopic (exact) mass is 484 g/mol. The number of nitrogens with zero attached hydrogens (tertiary/aromatic N) is 2. The van der Waals surface area contributed by atoms with Crippen molar-refractivity contribution in [1.29, 1.82) is 5.41 Å². The van der Waals surface area contributed by atoms with Crippen molar-refractivity contribution in [3.05, 3.63) is 88.3 Å². The highest BCUT2D eigenvalue weighted by molar-refractivity contribution is 6.07. The van der Waals surface area contributed by atoms with Crippen LogP contribution in [0.3, 0.4) is 0 Å². The smallest absolute Gasteiger partial charge is 0.433 e. The average Bonchev–Trinajstić information content (AvgIpc) is 3.36. The maximum atomic E-state index is 13.4. The molecule has 0 atom stereocenters. The summed E-state index contributed by atoms with van der Waals surface area (Å²) in [5.74, 6) is 0.360. The van der Waals surface area contributed by atoms with E-state index in [0.717, 1.165) is 31.5 Å². The molecule has 9 heteroatoms. The molecule has 3 aromatic rings. The van der Waals surface area contributed by atoms with E-state index < -0.39 is 17.4 Å². The molecule has 1 saturated heterocycles. The Bertz CT molecular complexity index is 1220. The van der Waals surface area contributed by atoms with Crippen LogP contribution in [-0.2, 0) is 6.61 Å². The number of benzene rings is 2. The van der Waals surface area contributed by atoms with Gasteiger partial charge >= 0.3 is 6.18 Å². The van der Waals surface area contributed by atoms with Crippen LogP contribution >= 0.6 is 0 Å². The lowest BCUT2D eigenvalue weighted by atomic mass is 10.1. The number of hydrogen-bond donors (Lipinski definition) is 2. The third-order valence-corrected chi connectivity index (χ3v) is 5.92. The van der Waals surface area contributed by atoms with Crippen molar-refractivity contribution in [3.8, 4) is 11.4 Å². The van der Waals surface area contributed by atoms with E-state index in [1.54, 1.807) is 12.1 Å². The molecule has 0 unspecified atom stereocenters. The molecule has 0 saturated carbocycles. The summed E-state index contributed by atoms with van der Waals surface area (Å²) in [7, 11) is 0. The van der Waals surface area contributed by atoms with Crippen LogP contribution in [-0.4, -0.2) is 47.5 Å². The maximum absolute atomic E-state index is 13.4. The second-order valence-electron chi connectivity index (χ2n) is 8.42. The predicted molar refractivity (Wildman–Crippen MR) is 130 cm³/mol. The summed E-state index contributed by atoms with van der Waals surface area (Å²) in [5.41, 5.74) is -0.814. The first-order valence-corrected chi connectivity index (χ1v) is 11.5. The molecular formula is C26H27F3N4O2. The van der Waals surface area contributed by atoms with Gasteiger partial charge in [-0.1, -0.05) is 30.3 Å². The van der Waals surface area contributed by atoms with Crippen LogP contribution in [0.15, 0.2) is 71.7 Å². The standard InChI is InChI=1S/C26H27F3N4O2/c27-26(28,29)25(30)22-16-20(8-9-23(22)31-11-15-32-12-4-5-13-32)33-14-10-21(17-24(33)34)35-18-19-6-2-1-3-7-19/h1-3,6-10,14,16-17,30-31H,4-5,11-13,15,18H2. The molecule has 1 aliphatic rings. The van der Waals surface area contributed by atoms with Gasteiger partial charge < -0.3 is 15.0 Å². The van der Waals surface area contributed by atoms with Gasteiger partial charge in [0.2, 0.25) is 0 Å². The zero-order valence-corrected chi connectivity index (χ0v) is 19.1. The molecule has 0 bridgehead atoms. The molecule has 184 valence electrons. The number of pyridine rings is 1. The third kappa shape index (κ3) is 6.30. The lowest BCUT2D eigenvalue weighted by molar-refractivity contribution is -0.0587. The number of likely N-dealkylation sites (tertiary alicyclic amines) is 1. The second kappa shape index (κ2) is 10.8. The molecule has 1 aromatic heterocycles. The first-order chi connectivity index (χ1) is 16.8. The van der Waals surface area contributed by atoms with E-state index in [1.807, 2.05) is 30.3 Å². The Hall–Kier alpha value is -3.59. The van der Waals surface area contributed by atoms with Crippen molar-refractivity contribution in [2.75, 3.05) is 31.5 Å². The summed E-state index contributed by atoms with van der Waals surface area (Å²) < 4.78 is 47.2. The fourth-order valence-electron chi connectivity index (χ4n) is 4.06. The summed E-state index contributed by atoms with van der Waals surface area (Å²) in [6.45, 7) is 3.43. The van der Waals surface area contributed by atoms with Gasteiger partial charge in [-0.15, -0.1) is 0 Å². The van der Waals surface area contributed by atoms with E-state index in [2.05, 4.69) is 10.2 Å². The number of ether oxygens (including phenoxy) is 1. The van der Waals surface area contributed by atoms with Gasteiger partial charge in [0.05, 0.1) is 0 Å². The highest BCUT2D eigenvalue weighted by Crippen LogP contribution is 2.28. The molecule has 4 rings (SSSR count). The molecular weight excluding hydrogens is 457 g/mol. The van der Waals surface area contributed by atoms with Crippen LogP contribution in [0.25, 0.3) is 5.69 Å². The molecule has 6 nitrogen and oxygen atoms in total. The van der Waals surface area contributed by atoms with Gasteiger partial charge in [0.25, 0.3) is 5.56 Å². The van der Waals surface area contributed by atoms with Gasteiger partial charge in [0.1, 0.15) is 18.1 Å². The van der Waals surface area contributed by atoms with E-state index in [4.69, 9.17) is 10.1 Å². The summed E-state index contributed by atoms with van der Waals surface area (Å²) in [5, 5.41) is 10.8. The molecule has 0 radical (unpaired) electrons.